The van der Waals surface area contributed by atoms with Crippen LogP contribution >= 0.6 is 0 Å². The summed E-state index contributed by atoms with van der Waals surface area (Å²) < 4.78 is 0. The Morgan fingerprint density at radius 2 is 1.69 bits per heavy atom. The summed E-state index contributed by atoms with van der Waals surface area (Å²) in [5, 5.41) is 3.02. The summed E-state index contributed by atoms with van der Waals surface area (Å²) in [6.45, 7) is 3.51. The van der Waals surface area contributed by atoms with Gasteiger partial charge in [-0.2, -0.15) is 0 Å². The summed E-state index contributed by atoms with van der Waals surface area (Å²) in [6.07, 6.45) is 4.68. The molecule has 0 spiro atoms. The highest BCUT2D eigenvalue weighted by atomic mass is 16.2. The number of carbonyl (C=O) groups excluding carboxylic acids is 1. The van der Waals surface area contributed by atoms with Crippen molar-refractivity contribution in [1.82, 2.24) is 10.2 Å². The number of urea groups is 1. The third kappa shape index (κ3) is 5.01. The second kappa shape index (κ2) is 9.27. The minimum absolute atomic E-state index is 0.0191. The van der Waals surface area contributed by atoms with Gasteiger partial charge in [0.15, 0.2) is 0 Å². The summed E-state index contributed by atoms with van der Waals surface area (Å²) in [7, 11) is 1.87. The molecule has 0 bridgehead atoms. The molecule has 1 aliphatic rings. The molecule has 1 N–H and O–H groups in total. The van der Waals surface area contributed by atoms with Crippen molar-refractivity contribution in [3.63, 3.8) is 0 Å². The van der Waals surface area contributed by atoms with Crippen LogP contribution in [0, 0.1) is 0 Å². The van der Waals surface area contributed by atoms with Crippen LogP contribution in [0.15, 0.2) is 54.6 Å². The Labute approximate surface area is 156 Å². The molecule has 2 amide bonds. The van der Waals surface area contributed by atoms with E-state index in [4.69, 9.17) is 0 Å². The number of piperidine rings is 1. The van der Waals surface area contributed by atoms with E-state index in [-0.39, 0.29) is 6.03 Å². The van der Waals surface area contributed by atoms with Crippen LogP contribution in [-0.2, 0) is 13.0 Å². The molecular weight excluding hydrogens is 322 g/mol. The van der Waals surface area contributed by atoms with Crippen LogP contribution in [0.5, 0.6) is 0 Å². The number of nitrogens with one attached hydrogen (secondary N) is 1. The maximum absolute atomic E-state index is 12.4. The maximum atomic E-state index is 12.4. The van der Waals surface area contributed by atoms with Crippen molar-refractivity contribution in [3.8, 4) is 0 Å². The molecule has 1 fully saturated rings. The molecule has 1 aliphatic heterocycles. The average Bonchev–Trinajstić information content (AvgIpc) is 2.70. The summed E-state index contributed by atoms with van der Waals surface area (Å²) in [5.41, 5.74) is 3.73. The Morgan fingerprint density at radius 1 is 1.00 bits per heavy atom. The number of nitrogens with zero attached hydrogens (tertiary/aromatic N) is 2. The molecule has 2 aromatic rings. The highest BCUT2D eigenvalue weighted by Crippen LogP contribution is 2.25. The van der Waals surface area contributed by atoms with Crippen molar-refractivity contribution in [1.29, 1.82) is 0 Å². The van der Waals surface area contributed by atoms with Crippen molar-refractivity contribution in [2.24, 2.45) is 0 Å². The van der Waals surface area contributed by atoms with Crippen LogP contribution in [0.1, 0.15) is 30.4 Å². The largest absolute Gasteiger partial charge is 0.371 e. The van der Waals surface area contributed by atoms with Gasteiger partial charge in [0.1, 0.15) is 0 Å². The van der Waals surface area contributed by atoms with Gasteiger partial charge in [0, 0.05) is 38.9 Å². The molecule has 0 saturated carbocycles. The number of benzene rings is 2. The predicted octanol–water partition coefficient (Wildman–Crippen LogP) is 4.06. The molecule has 1 saturated heterocycles. The van der Waals surface area contributed by atoms with Crippen molar-refractivity contribution in [2.45, 2.75) is 32.2 Å². The van der Waals surface area contributed by atoms with Crippen molar-refractivity contribution in [2.75, 3.05) is 31.6 Å². The SMILES string of the molecule is CN(Cc1ccccc1N1CCCCC1)C(=O)NCCc1ccccc1. The Bertz CT molecular complexity index is 696. The normalized spacial score (nSPS) is 14.1. The molecule has 0 atom stereocenters. The van der Waals surface area contributed by atoms with Crippen LogP contribution in [0.2, 0.25) is 0 Å². The molecular formula is C22H29N3O. The fraction of sp³-hybridized carbons (Fsp3) is 0.409. The lowest BCUT2D eigenvalue weighted by molar-refractivity contribution is 0.207. The van der Waals surface area contributed by atoms with Crippen LogP contribution in [0.3, 0.4) is 0 Å². The quantitative estimate of drug-likeness (QED) is 0.852. The molecule has 26 heavy (non-hydrogen) atoms. The van der Waals surface area contributed by atoms with Gasteiger partial charge in [-0.1, -0.05) is 48.5 Å². The van der Waals surface area contributed by atoms with E-state index in [1.807, 2.05) is 25.2 Å². The molecule has 0 radical (unpaired) electrons. The molecule has 4 nitrogen and oxygen atoms in total. The van der Waals surface area contributed by atoms with E-state index >= 15 is 0 Å². The topological polar surface area (TPSA) is 35.6 Å². The minimum atomic E-state index is -0.0191. The third-order valence-corrected chi connectivity index (χ3v) is 4.98. The van der Waals surface area contributed by atoms with Gasteiger partial charge in [-0.15, -0.1) is 0 Å². The molecule has 0 unspecified atom stereocenters. The maximum Gasteiger partial charge on any atom is 0.317 e. The average molecular weight is 351 g/mol. The third-order valence-electron chi connectivity index (χ3n) is 4.98. The van der Waals surface area contributed by atoms with Crippen molar-refractivity contribution < 1.29 is 4.79 Å². The molecule has 4 heteroatoms. The van der Waals surface area contributed by atoms with E-state index in [1.54, 1.807) is 4.90 Å². The molecule has 0 aliphatic carbocycles. The van der Waals surface area contributed by atoms with Gasteiger partial charge < -0.3 is 15.1 Å². The lowest BCUT2D eigenvalue weighted by atomic mass is 10.1. The van der Waals surface area contributed by atoms with E-state index in [9.17, 15) is 4.79 Å². The number of hydrogen-bond donors (Lipinski definition) is 1. The lowest BCUT2D eigenvalue weighted by Crippen LogP contribution is -2.38. The highest BCUT2D eigenvalue weighted by molar-refractivity contribution is 5.74. The summed E-state index contributed by atoms with van der Waals surface area (Å²) >= 11 is 0. The monoisotopic (exact) mass is 351 g/mol. The van der Waals surface area contributed by atoms with Gasteiger partial charge in [-0.05, 0) is 42.9 Å². The Balaban J connectivity index is 1.54. The number of hydrogen-bond acceptors (Lipinski definition) is 2. The Hall–Kier alpha value is -2.49. The van der Waals surface area contributed by atoms with Gasteiger partial charge in [-0.3, -0.25) is 0 Å². The van der Waals surface area contributed by atoms with E-state index in [0.29, 0.717) is 13.1 Å². The second-order valence-electron chi connectivity index (χ2n) is 7.00. The molecule has 3 rings (SSSR count). The first kappa shape index (κ1) is 18.3. The van der Waals surface area contributed by atoms with E-state index in [0.717, 1.165) is 19.5 Å². The van der Waals surface area contributed by atoms with E-state index in [2.05, 4.69) is 46.6 Å². The molecule has 0 aromatic heterocycles. The van der Waals surface area contributed by atoms with Crippen LogP contribution in [0.25, 0.3) is 0 Å². The lowest BCUT2D eigenvalue weighted by Gasteiger charge is -2.31. The predicted molar refractivity (Wildman–Crippen MR) is 108 cm³/mol. The first-order valence-electron chi connectivity index (χ1n) is 9.60. The van der Waals surface area contributed by atoms with Gasteiger partial charge in [0.2, 0.25) is 0 Å². The first-order valence-corrected chi connectivity index (χ1v) is 9.60. The van der Waals surface area contributed by atoms with Gasteiger partial charge in [0.05, 0.1) is 0 Å². The van der Waals surface area contributed by atoms with Crippen LogP contribution in [0.4, 0.5) is 10.5 Å². The number of carbonyl (C=O) groups is 1. The van der Waals surface area contributed by atoms with Crippen molar-refractivity contribution >= 4 is 11.7 Å². The zero-order valence-electron chi connectivity index (χ0n) is 15.7. The number of amides is 2. The highest BCUT2D eigenvalue weighted by Gasteiger charge is 2.16. The number of anilines is 1. The number of para-hydroxylation sites is 1. The minimum Gasteiger partial charge on any atom is -0.371 e. The van der Waals surface area contributed by atoms with Gasteiger partial charge in [-0.25, -0.2) is 4.79 Å². The van der Waals surface area contributed by atoms with E-state index < -0.39 is 0 Å². The van der Waals surface area contributed by atoms with Crippen LogP contribution < -0.4 is 10.2 Å². The molecule has 1 heterocycles. The fourth-order valence-corrected chi connectivity index (χ4v) is 3.51. The fourth-order valence-electron chi connectivity index (χ4n) is 3.51. The van der Waals surface area contributed by atoms with Crippen molar-refractivity contribution in [3.05, 3.63) is 65.7 Å². The summed E-state index contributed by atoms with van der Waals surface area (Å²) in [5.74, 6) is 0. The molecule has 138 valence electrons. The summed E-state index contributed by atoms with van der Waals surface area (Å²) in [4.78, 5) is 16.7. The number of rotatable bonds is 6. The first-order chi connectivity index (χ1) is 12.7. The van der Waals surface area contributed by atoms with E-state index in [1.165, 1.54) is 36.1 Å². The zero-order chi connectivity index (χ0) is 18.2. The summed E-state index contributed by atoms with van der Waals surface area (Å²) in [6, 6.07) is 18.7. The van der Waals surface area contributed by atoms with Gasteiger partial charge >= 0.3 is 6.03 Å². The van der Waals surface area contributed by atoms with Gasteiger partial charge in [0.25, 0.3) is 0 Å². The molecule has 2 aromatic carbocycles. The standard InChI is InChI=1S/C22H29N3O/c1-24(22(26)23-15-14-19-10-4-2-5-11-19)18-20-12-6-7-13-21(20)25-16-8-3-9-17-25/h2,4-7,10-13H,3,8-9,14-18H2,1H3,(H,23,26). The van der Waals surface area contributed by atoms with Crippen LogP contribution in [-0.4, -0.2) is 37.6 Å². The zero-order valence-corrected chi connectivity index (χ0v) is 15.7. The Kier molecular flexibility index (Phi) is 6.53. The second-order valence-corrected chi connectivity index (χ2v) is 7.00. The smallest absolute Gasteiger partial charge is 0.317 e. The Morgan fingerprint density at radius 3 is 2.46 bits per heavy atom.